The van der Waals surface area contributed by atoms with E-state index in [1.807, 2.05) is 20.8 Å². The predicted molar refractivity (Wildman–Crippen MR) is 87.3 cm³/mol. The Balaban J connectivity index is 3.00. The third-order valence-corrected chi connectivity index (χ3v) is 3.25. The summed E-state index contributed by atoms with van der Waals surface area (Å²) < 4.78 is 0. The Labute approximate surface area is 135 Å². The van der Waals surface area contributed by atoms with Crippen LogP contribution in [0.5, 0.6) is 0 Å². The molecule has 126 valence electrons. The molecule has 23 heavy (non-hydrogen) atoms. The number of carbonyl (C=O) groups is 2. The first-order valence-corrected chi connectivity index (χ1v) is 7.41. The van der Waals surface area contributed by atoms with E-state index in [1.165, 1.54) is 30.0 Å². The molecule has 7 nitrogen and oxygen atoms in total. The molecule has 0 unspecified atom stereocenters. The van der Waals surface area contributed by atoms with E-state index in [4.69, 9.17) is 0 Å². The number of carbonyl (C=O) groups excluding carboxylic acids is 2. The number of likely N-dealkylation sites (N-methyl/N-ethyl adjacent to an activating group) is 1. The standard InChI is InChI=1S/C16H23N3O4/c1-6-18(10-14(20)17-16(3,4)5)15(21)12-8-7-9-13(11(12)2)19(22)23/h7-9H,6,10H2,1-5H3,(H,17,20). The predicted octanol–water partition coefficient (Wildman–Crippen LogP) is 2.28. The van der Waals surface area contributed by atoms with Gasteiger partial charge in [0.15, 0.2) is 0 Å². The zero-order valence-electron chi connectivity index (χ0n) is 14.2. The Morgan fingerprint density at radius 1 is 1.30 bits per heavy atom. The summed E-state index contributed by atoms with van der Waals surface area (Å²) in [5, 5.41) is 13.8. The fourth-order valence-corrected chi connectivity index (χ4v) is 2.18. The van der Waals surface area contributed by atoms with Gasteiger partial charge in [-0.1, -0.05) is 6.07 Å². The maximum Gasteiger partial charge on any atom is 0.273 e. The topological polar surface area (TPSA) is 92.6 Å². The molecular weight excluding hydrogens is 298 g/mol. The van der Waals surface area contributed by atoms with E-state index in [2.05, 4.69) is 5.32 Å². The summed E-state index contributed by atoms with van der Waals surface area (Å²) >= 11 is 0. The quantitative estimate of drug-likeness (QED) is 0.665. The van der Waals surface area contributed by atoms with Crippen molar-refractivity contribution in [2.45, 2.75) is 40.2 Å². The Morgan fingerprint density at radius 3 is 2.39 bits per heavy atom. The molecule has 0 atom stereocenters. The maximum absolute atomic E-state index is 12.6. The van der Waals surface area contributed by atoms with E-state index in [1.54, 1.807) is 6.92 Å². The SMILES string of the molecule is CCN(CC(=O)NC(C)(C)C)C(=O)c1cccc([N+](=O)[O-])c1C. The van der Waals surface area contributed by atoms with Crippen LogP contribution in [0, 0.1) is 17.0 Å². The Morgan fingerprint density at radius 2 is 1.91 bits per heavy atom. The molecule has 1 aromatic rings. The summed E-state index contributed by atoms with van der Waals surface area (Å²) in [6.07, 6.45) is 0. The normalized spacial score (nSPS) is 11.0. The lowest BCUT2D eigenvalue weighted by molar-refractivity contribution is -0.385. The van der Waals surface area contributed by atoms with Gasteiger partial charge in [-0.25, -0.2) is 0 Å². The average Bonchev–Trinajstić information content (AvgIpc) is 2.42. The lowest BCUT2D eigenvalue weighted by Crippen LogP contribution is -2.47. The monoisotopic (exact) mass is 321 g/mol. The van der Waals surface area contributed by atoms with Crippen LogP contribution in [-0.4, -0.2) is 40.3 Å². The van der Waals surface area contributed by atoms with E-state index < -0.39 is 10.8 Å². The molecule has 0 saturated heterocycles. The summed E-state index contributed by atoms with van der Waals surface area (Å²) in [7, 11) is 0. The van der Waals surface area contributed by atoms with Crippen molar-refractivity contribution in [3.05, 3.63) is 39.4 Å². The fourth-order valence-electron chi connectivity index (χ4n) is 2.18. The van der Waals surface area contributed by atoms with Crippen LogP contribution in [0.25, 0.3) is 0 Å². The van der Waals surface area contributed by atoms with Gasteiger partial charge in [-0.2, -0.15) is 0 Å². The molecule has 0 spiro atoms. The van der Waals surface area contributed by atoms with Crippen molar-refractivity contribution in [2.24, 2.45) is 0 Å². The highest BCUT2D eigenvalue weighted by atomic mass is 16.6. The molecule has 2 amide bonds. The molecule has 0 aliphatic rings. The Kier molecular flexibility index (Phi) is 5.84. The summed E-state index contributed by atoms with van der Waals surface area (Å²) in [4.78, 5) is 36.4. The molecule has 1 rings (SSSR count). The number of nitrogens with one attached hydrogen (secondary N) is 1. The highest BCUT2D eigenvalue weighted by Crippen LogP contribution is 2.22. The second-order valence-corrected chi connectivity index (χ2v) is 6.32. The van der Waals surface area contributed by atoms with E-state index in [0.717, 1.165) is 0 Å². The first kappa shape index (κ1) is 18.6. The summed E-state index contributed by atoms with van der Waals surface area (Å²) in [5.74, 6) is -0.659. The molecule has 0 aliphatic carbocycles. The lowest BCUT2D eigenvalue weighted by atomic mass is 10.1. The van der Waals surface area contributed by atoms with Gasteiger partial charge in [-0.15, -0.1) is 0 Å². The zero-order valence-corrected chi connectivity index (χ0v) is 14.2. The van der Waals surface area contributed by atoms with E-state index in [9.17, 15) is 19.7 Å². The molecule has 7 heteroatoms. The third kappa shape index (κ3) is 5.05. The first-order chi connectivity index (χ1) is 10.6. The second-order valence-electron chi connectivity index (χ2n) is 6.32. The van der Waals surface area contributed by atoms with Crippen molar-refractivity contribution in [1.29, 1.82) is 0 Å². The first-order valence-electron chi connectivity index (χ1n) is 7.41. The van der Waals surface area contributed by atoms with Gasteiger partial charge in [-0.3, -0.25) is 19.7 Å². The van der Waals surface area contributed by atoms with Crippen LogP contribution >= 0.6 is 0 Å². The molecule has 1 aromatic carbocycles. The van der Waals surface area contributed by atoms with Gasteiger partial charge < -0.3 is 10.2 Å². The Hall–Kier alpha value is -2.44. The minimum absolute atomic E-state index is 0.0886. The van der Waals surface area contributed by atoms with Crippen LogP contribution in [0.3, 0.4) is 0 Å². The van der Waals surface area contributed by atoms with Crippen molar-refractivity contribution in [1.82, 2.24) is 10.2 Å². The Bertz CT molecular complexity index is 620. The molecule has 0 aliphatic heterocycles. The van der Waals surface area contributed by atoms with Crippen molar-refractivity contribution in [3.8, 4) is 0 Å². The van der Waals surface area contributed by atoms with Gasteiger partial charge in [0.25, 0.3) is 11.6 Å². The maximum atomic E-state index is 12.6. The molecular formula is C16H23N3O4. The third-order valence-electron chi connectivity index (χ3n) is 3.25. The highest BCUT2D eigenvalue weighted by Gasteiger charge is 2.24. The van der Waals surface area contributed by atoms with E-state index in [0.29, 0.717) is 12.1 Å². The van der Waals surface area contributed by atoms with Crippen molar-refractivity contribution in [2.75, 3.05) is 13.1 Å². The summed E-state index contributed by atoms with van der Waals surface area (Å²) in [6.45, 7) is 9.10. The number of nitro groups is 1. The van der Waals surface area contributed by atoms with Gasteiger partial charge >= 0.3 is 0 Å². The molecule has 0 aromatic heterocycles. The molecule has 0 fully saturated rings. The van der Waals surface area contributed by atoms with E-state index >= 15 is 0 Å². The molecule has 1 N–H and O–H groups in total. The van der Waals surface area contributed by atoms with Crippen LogP contribution in [0.15, 0.2) is 18.2 Å². The van der Waals surface area contributed by atoms with Gasteiger partial charge in [0.1, 0.15) is 0 Å². The number of nitro benzene ring substituents is 1. The smallest absolute Gasteiger partial charge is 0.273 e. The number of amides is 2. The highest BCUT2D eigenvalue weighted by molar-refractivity contribution is 5.98. The van der Waals surface area contributed by atoms with Crippen molar-refractivity contribution >= 4 is 17.5 Å². The largest absolute Gasteiger partial charge is 0.350 e. The number of hydrogen-bond acceptors (Lipinski definition) is 4. The summed E-state index contributed by atoms with van der Waals surface area (Å²) in [5.41, 5.74) is 0.0499. The van der Waals surface area contributed by atoms with Crippen molar-refractivity contribution < 1.29 is 14.5 Å². The van der Waals surface area contributed by atoms with E-state index in [-0.39, 0.29) is 29.2 Å². The summed E-state index contributed by atoms with van der Waals surface area (Å²) in [6, 6.07) is 4.37. The molecule has 0 radical (unpaired) electrons. The van der Waals surface area contributed by atoms with Crippen LogP contribution in [-0.2, 0) is 4.79 Å². The average molecular weight is 321 g/mol. The molecule has 0 saturated carbocycles. The molecule has 0 heterocycles. The van der Waals surface area contributed by atoms with Crippen LogP contribution in [0.2, 0.25) is 0 Å². The second kappa shape index (κ2) is 7.21. The van der Waals surface area contributed by atoms with Crippen molar-refractivity contribution in [3.63, 3.8) is 0 Å². The number of benzene rings is 1. The van der Waals surface area contributed by atoms with Crippen LogP contribution in [0.4, 0.5) is 5.69 Å². The zero-order chi connectivity index (χ0) is 17.8. The number of nitrogens with zero attached hydrogens (tertiary/aromatic N) is 2. The lowest BCUT2D eigenvalue weighted by Gasteiger charge is -2.25. The number of hydrogen-bond donors (Lipinski definition) is 1. The molecule has 0 bridgehead atoms. The van der Waals surface area contributed by atoms with Gasteiger partial charge in [0.2, 0.25) is 5.91 Å². The fraction of sp³-hybridized carbons (Fsp3) is 0.500. The van der Waals surface area contributed by atoms with Crippen LogP contribution < -0.4 is 5.32 Å². The van der Waals surface area contributed by atoms with Crippen LogP contribution in [0.1, 0.15) is 43.6 Å². The van der Waals surface area contributed by atoms with Gasteiger partial charge in [0.05, 0.1) is 11.5 Å². The minimum Gasteiger partial charge on any atom is -0.350 e. The van der Waals surface area contributed by atoms with Gasteiger partial charge in [-0.05, 0) is 40.7 Å². The minimum atomic E-state index is -0.519. The number of rotatable bonds is 5. The van der Waals surface area contributed by atoms with Gasteiger partial charge in [0, 0.05) is 29.3 Å².